The highest BCUT2D eigenvalue weighted by Crippen LogP contribution is 2.27. The highest BCUT2D eigenvalue weighted by molar-refractivity contribution is 7.18. The van der Waals surface area contributed by atoms with Crippen LogP contribution in [0.3, 0.4) is 0 Å². The molecule has 6 heteroatoms. The number of rotatable bonds is 5. The van der Waals surface area contributed by atoms with E-state index in [4.69, 9.17) is 0 Å². The average molecular weight is 369 g/mol. The molecule has 1 atom stereocenters. The lowest BCUT2D eigenvalue weighted by Gasteiger charge is -2.32. The van der Waals surface area contributed by atoms with Gasteiger partial charge in [0.15, 0.2) is 0 Å². The van der Waals surface area contributed by atoms with Crippen LogP contribution in [-0.2, 0) is 17.8 Å². The first-order chi connectivity index (χ1) is 12.7. The summed E-state index contributed by atoms with van der Waals surface area (Å²) in [6.45, 7) is 4.71. The third kappa shape index (κ3) is 3.51. The molecule has 5 nitrogen and oxygen atoms in total. The Bertz CT molecular complexity index is 867. The summed E-state index contributed by atoms with van der Waals surface area (Å²) in [5.41, 5.74) is 1.03. The molecular weight excluding hydrogens is 344 g/mol. The highest BCUT2D eigenvalue weighted by Gasteiger charge is 2.27. The maximum Gasteiger partial charge on any atom is 0.223 e. The Morgan fingerprint density at radius 2 is 2.23 bits per heavy atom. The fraction of sp³-hybridized carbons (Fsp3) is 0.450. The summed E-state index contributed by atoms with van der Waals surface area (Å²) in [5.74, 6) is 1.71. The molecule has 2 aromatic heterocycles. The molecule has 1 saturated heterocycles. The molecular formula is C20H24N4OS. The zero-order valence-corrected chi connectivity index (χ0v) is 15.9. The molecule has 3 heterocycles. The number of thiazole rings is 1. The van der Waals surface area contributed by atoms with Gasteiger partial charge in [-0.25, -0.2) is 9.97 Å². The second kappa shape index (κ2) is 7.58. The molecule has 0 spiro atoms. The maximum absolute atomic E-state index is 12.7. The van der Waals surface area contributed by atoms with Crippen molar-refractivity contribution >= 4 is 27.5 Å². The van der Waals surface area contributed by atoms with Gasteiger partial charge in [-0.15, -0.1) is 11.3 Å². The van der Waals surface area contributed by atoms with Crippen molar-refractivity contribution in [2.24, 2.45) is 0 Å². The van der Waals surface area contributed by atoms with Crippen LogP contribution in [0.15, 0.2) is 36.7 Å². The van der Waals surface area contributed by atoms with Crippen molar-refractivity contribution < 1.29 is 4.79 Å². The second-order valence-electron chi connectivity index (χ2n) is 6.83. The molecule has 1 amide bonds. The van der Waals surface area contributed by atoms with Crippen LogP contribution < -0.4 is 0 Å². The van der Waals surface area contributed by atoms with Gasteiger partial charge in [0.1, 0.15) is 5.82 Å². The highest BCUT2D eigenvalue weighted by atomic mass is 32.1. The molecule has 1 aliphatic rings. The number of amides is 1. The third-order valence-corrected chi connectivity index (χ3v) is 6.21. The summed E-state index contributed by atoms with van der Waals surface area (Å²) < 4.78 is 3.39. The Kier molecular flexibility index (Phi) is 5.02. The summed E-state index contributed by atoms with van der Waals surface area (Å²) in [4.78, 5) is 23.9. The molecule has 0 aliphatic carbocycles. The van der Waals surface area contributed by atoms with Gasteiger partial charge >= 0.3 is 0 Å². The first-order valence-electron chi connectivity index (χ1n) is 9.38. The zero-order valence-electron chi connectivity index (χ0n) is 15.1. The fourth-order valence-corrected chi connectivity index (χ4v) is 4.73. The molecule has 1 aromatic carbocycles. The molecule has 0 N–H and O–H groups in total. The number of hydrogen-bond acceptors (Lipinski definition) is 4. The smallest absolute Gasteiger partial charge is 0.223 e. The van der Waals surface area contributed by atoms with Gasteiger partial charge in [0, 0.05) is 50.8 Å². The van der Waals surface area contributed by atoms with Crippen LogP contribution in [0, 0.1) is 0 Å². The predicted octanol–water partition coefficient (Wildman–Crippen LogP) is 3.85. The number of likely N-dealkylation sites (tertiary alicyclic amines) is 1. The monoisotopic (exact) mass is 368 g/mol. The van der Waals surface area contributed by atoms with Gasteiger partial charge in [-0.05, 0) is 31.9 Å². The SMILES string of the molecule is CCn1ccnc1[C@H]1CCCN(C(=O)CCc2nc3ccccc3s2)C1. The molecule has 4 rings (SSSR count). The molecule has 0 saturated carbocycles. The van der Waals surface area contributed by atoms with Crippen LogP contribution >= 0.6 is 11.3 Å². The Balaban J connectivity index is 1.38. The Labute approximate surface area is 157 Å². The number of aromatic nitrogens is 3. The van der Waals surface area contributed by atoms with Crippen molar-refractivity contribution in [2.75, 3.05) is 13.1 Å². The summed E-state index contributed by atoms with van der Waals surface area (Å²) in [7, 11) is 0. The number of piperidine rings is 1. The van der Waals surface area contributed by atoms with E-state index >= 15 is 0 Å². The molecule has 1 fully saturated rings. The molecule has 0 bridgehead atoms. The van der Waals surface area contributed by atoms with E-state index in [9.17, 15) is 4.79 Å². The number of carbonyl (C=O) groups excluding carboxylic acids is 1. The van der Waals surface area contributed by atoms with Gasteiger partial charge in [-0.1, -0.05) is 12.1 Å². The summed E-state index contributed by atoms with van der Waals surface area (Å²) in [5, 5.41) is 1.05. The van der Waals surface area contributed by atoms with Gasteiger partial charge < -0.3 is 9.47 Å². The van der Waals surface area contributed by atoms with E-state index in [1.54, 1.807) is 11.3 Å². The van der Waals surface area contributed by atoms with Crippen LogP contribution in [-0.4, -0.2) is 38.4 Å². The number of carbonyl (C=O) groups is 1. The standard InChI is InChI=1S/C20H24N4OS/c1-2-23-13-11-21-20(23)15-6-5-12-24(14-15)19(25)10-9-18-22-16-7-3-4-8-17(16)26-18/h3-4,7-8,11,13,15H,2,5-6,9-10,12,14H2,1H3/t15-/m0/s1. The van der Waals surface area contributed by atoms with E-state index in [2.05, 4.69) is 27.5 Å². The molecule has 3 aromatic rings. The number of fused-ring (bicyclic) bond motifs is 1. The van der Waals surface area contributed by atoms with Crippen molar-refractivity contribution in [1.29, 1.82) is 0 Å². The Morgan fingerprint density at radius 3 is 3.08 bits per heavy atom. The summed E-state index contributed by atoms with van der Waals surface area (Å²) in [6.07, 6.45) is 7.32. The number of para-hydroxylation sites is 1. The van der Waals surface area contributed by atoms with Crippen LogP contribution in [0.4, 0.5) is 0 Å². The number of benzene rings is 1. The zero-order chi connectivity index (χ0) is 17.9. The molecule has 0 unspecified atom stereocenters. The number of nitrogens with zero attached hydrogens (tertiary/aromatic N) is 4. The van der Waals surface area contributed by atoms with Gasteiger partial charge in [-0.3, -0.25) is 4.79 Å². The molecule has 26 heavy (non-hydrogen) atoms. The number of aryl methyl sites for hydroxylation is 2. The van der Waals surface area contributed by atoms with Crippen molar-refractivity contribution in [3.63, 3.8) is 0 Å². The Morgan fingerprint density at radius 1 is 1.35 bits per heavy atom. The van der Waals surface area contributed by atoms with Crippen molar-refractivity contribution in [1.82, 2.24) is 19.4 Å². The van der Waals surface area contributed by atoms with Gasteiger partial charge in [0.05, 0.1) is 15.2 Å². The van der Waals surface area contributed by atoms with Crippen LogP contribution in [0.5, 0.6) is 0 Å². The lowest BCUT2D eigenvalue weighted by Crippen LogP contribution is -2.39. The van der Waals surface area contributed by atoms with Crippen LogP contribution in [0.25, 0.3) is 10.2 Å². The summed E-state index contributed by atoms with van der Waals surface area (Å²) >= 11 is 1.69. The molecule has 0 radical (unpaired) electrons. The van der Waals surface area contributed by atoms with E-state index in [0.29, 0.717) is 12.3 Å². The topological polar surface area (TPSA) is 51.0 Å². The van der Waals surface area contributed by atoms with Gasteiger partial charge in [-0.2, -0.15) is 0 Å². The van der Waals surface area contributed by atoms with E-state index in [1.165, 1.54) is 4.70 Å². The maximum atomic E-state index is 12.7. The van der Waals surface area contributed by atoms with E-state index in [0.717, 1.165) is 55.2 Å². The molecule has 1 aliphatic heterocycles. The van der Waals surface area contributed by atoms with E-state index < -0.39 is 0 Å². The summed E-state index contributed by atoms with van der Waals surface area (Å²) in [6, 6.07) is 8.15. The average Bonchev–Trinajstić information content (AvgIpc) is 3.32. The van der Waals surface area contributed by atoms with Crippen molar-refractivity contribution in [3.05, 3.63) is 47.5 Å². The minimum absolute atomic E-state index is 0.239. The Hall–Kier alpha value is -2.21. The van der Waals surface area contributed by atoms with E-state index in [-0.39, 0.29) is 5.91 Å². The van der Waals surface area contributed by atoms with Crippen molar-refractivity contribution in [2.45, 2.75) is 45.1 Å². The third-order valence-electron chi connectivity index (χ3n) is 5.12. The number of hydrogen-bond donors (Lipinski definition) is 0. The molecule has 136 valence electrons. The lowest BCUT2D eigenvalue weighted by atomic mass is 9.96. The lowest BCUT2D eigenvalue weighted by molar-refractivity contribution is -0.132. The predicted molar refractivity (Wildman–Crippen MR) is 104 cm³/mol. The van der Waals surface area contributed by atoms with E-state index in [1.807, 2.05) is 35.5 Å². The first-order valence-corrected chi connectivity index (χ1v) is 10.2. The van der Waals surface area contributed by atoms with Gasteiger partial charge in [0.25, 0.3) is 0 Å². The first kappa shape index (κ1) is 17.2. The minimum Gasteiger partial charge on any atom is -0.342 e. The normalized spacial score (nSPS) is 17.7. The van der Waals surface area contributed by atoms with Crippen LogP contribution in [0.2, 0.25) is 0 Å². The number of imidazole rings is 1. The fourth-order valence-electron chi connectivity index (χ4n) is 3.76. The van der Waals surface area contributed by atoms with Crippen LogP contribution in [0.1, 0.15) is 42.9 Å². The van der Waals surface area contributed by atoms with Gasteiger partial charge in [0.2, 0.25) is 5.91 Å². The second-order valence-corrected chi connectivity index (χ2v) is 7.94. The quantitative estimate of drug-likeness (QED) is 0.687. The largest absolute Gasteiger partial charge is 0.342 e. The minimum atomic E-state index is 0.239. The van der Waals surface area contributed by atoms with Crippen molar-refractivity contribution in [3.8, 4) is 0 Å².